The summed E-state index contributed by atoms with van der Waals surface area (Å²) in [4.78, 5) is 0. The summed E-state index contributed by atoms with van der Waals surface area (Å²) in [5, 5.41) is 0.531. The molecule has 0 N–H and O–H groups in total. The van der Waals surface area contributed by atoms with Crippen LogP contribution in [-0.2, 0) is 5.75 Å². The average molecular weight is 219 g/mol. The quantitative estimate of drug-likeness (QED) is 0.685. The number of benzene rings is 1. The Morgan fingerprint density at radius 3 is 2.85 bits per heavy atom. The van der Waals surface area contributed by atoms with Crippen molar-refractivity contribution in [2.75, 3.05) is 5.75 Å². The molecule has 3 heteroatoms. The summed E-state index contributed by atoms with van der Waals surface area (Å²) in [6, 6.07) is 4.57. The van der Waals surface area contributed by atoms with Crippen molar-refractivity contribution in [1.29, 1.82) is 0 Å². The first-order chi connectivity index (χ1) is 6.24. The molecule has 0 nitrogen and oxygen atoms in total. The molecule has 1 rings (SSSR count). The molecule has 0 unspecified atom stereocenters. The van der Waals surface area contributed by atoms with E-state index >= 15 is 0 Å². The third-order valence-corrected chi connectivity index (χ3v) is 3.19. The lowest BCUT2D eigenvalue weighted by Crippen LogP contribution is -1.85. The second-order valence-electron chi connectivity index (χ2n) is 2.79. The molecule has 0 fully saturated rings. The Balaban J connectivity index is 2.56. The first-order valence-electron chi connectivity index (χ1n) is 4.25. The SMILES string of the molecule is CCCSCc1ccc(F)cc1Cl. The summed E-state index contributed by atoms with van der Waals surface area (Å²) in [5.74, 6) is 1.72. The standard InChI is InChI=1S/C10H12ClFS/c1-2-5-13-7-8-3-4-9(12)6-10(8)11/h3-4,6H,2,5,7H2,1H3. The molecule has 0 atom stereocenters. The van der Waals surface area contributed by atoms with Crippen LogP contribution in [0.15, 0.2) is 18.2 Å². The lowest BCUT2D eigenvalue weighted by atomic mass is 10.2. The van der Waals surface area contributed by atoms with E-state index in [2.05, 4.69) is 6.92 Å². The van der Waals surface area contributed by atoms with Crippen LogP contribution in [0.5, 0.6) is 0 Å². The van der Waals surface area contributed by atoms with Gasteiger partial charge in [-0.25, -0.2) is 4.39 Å². The number of hydrogen-bond donors (Lipinski definition) is 0. The molecule has 0 heterocycles. The van der Waals surface area contributed by atoms with Crippen LogP contribution >= 0.6 is 23.4 Å². The highest BCUT2D eigenvalue weighted by Gasteiger charge is 2.01. The summed E-state index contributed by atoms with van der Waals surface area (Å²) in [7, 11) is 0. The summed E-state index contributed by atoms with van der Waals surface area (Å²) >= 11 is 7.67. The van der Waals surface area contributed by atoms with Gasteiger partial charge < -0.3 is 0 Å². The fraction of sp³-hybridized carbons (Fsp3) is 0.400. The zero-order valence-electron chi connectivity index (χ0n) is 7.52. The van der Waals surface area contributed by atoms with Gasteiger partial charge in [0.25, 0.3) is 0 Å². The number of thioether (sulfide) groups is 1. The molecule has 0 saturated heterocycles. The molecule has 0 aliphatic carbocycles. The Bertz CT molecular complexity index is 276. The molecule has 1 aromatic rings. The first kappa shape index (κ1) is 10.9. The third-order valence-electron chi connectivity index (χ3n) is 1.62. The van der Waals surface area contributed by atoms with E-state index in [1.807, 2.05) is 11.8 Å². The lowest BCUT2D eigenvalue weighted by Gasteiger charge is -2.02. The lowest BCUT2D eigenvalue weighted by molar-refractivity contribution is 0.627. The molecule has 0 aromatic heterocycles. The number of rotatable bonds is 4. The third kappa shape index (κ3) is 3.57. The molecular weight excluding hydrogens is 207 g/mol. The maximum Gasteiger partial charge on any atom is 0.124 e. The van der Waals surface area contributed by atoms with Crippen LogP contribution < -0.4 is 0 Å². The van der Waals surface area contributed by atoms with Crippen molar-refractivity contribution in [3.8, 4) is 0 Å². The monoisotopic (exact) mass is 218 g/mol. The van der Waals surface area contributed by atoms with Gasteiger partial charge in [0.1, 0.15) is 5.82 Å². The van der Waals surface area contributed by atoms with Crippen LogP contribution in [0, 0.1) is 5.82 Å². The maximum absolute atomic E-state index is 12.6. The van der Waals surface area contributed by atoms with Crippen LogP contribution in [0.25, 0.3) is 0 Å². The molecule has 13 heavy (non-hydrogen) atoms. The van der Waals surface area contributed by atoms with Gasteiger partial charge in [0.15, 0.2) is 0 Å². The minimum absolute atomic E-state index is 0.269. The first-order valence-corrected chi connectivity index (χ1v) is 5.79. The van der Waals surface area contributed by atoms with Crippen LogP contribution in [0.4, 0.5) is 4.39 Å². The van der Waals surface area contributed by atoms with Crippen molar-refractivity contribution in [3.05, 3.63) is 34.6 Å². The van der Waals surface area contributed by atoms with Gasteiger partial charge >= 0.3 is 0 Å². The zero-order valence-corrected chi connectivity index (χ0v) is 9.09. The topological polar surface area (TPSA) is 0 Å². The summed E-state index contributed by atoms with van der Waals surface area (Å²) in [6.07, 6.45) is 1.16. The van der Waals surface area contributed by atoms with Gasteiger partial charge in [-0.3, -0.25) is 0 Å². The van der Waals surface area contributed by atoms with Crippen LogP contribution in [0.3, 0.4) is 0 Å². The predicted molar refractivity (Wildman–Crippen MR) is 57.9 cm³/mol. The summed E-state index contributed by atoms with van der Waals surface area (Å²) < 4.78 is 12.6. The van der Waals surface area contributed by atoms with Gasteiger partial charge in [0.05, 0.1) is 0 Å². The molecule has 1 aromatic carbocycles. The Morgan fingerprint density at radius 1 is 1.46 bits per heavy atom. The molecule has 0 aliphatic rings. The highest BCUT2D eigenvalue weighted by molar-refractivity contribution is 7.98. The molecule has 0 radical (unpaired) electrons. The average Bonchev–Trinajstić information content (AvgIpc) is 2.09. The van der Waals surface area contributed by atoms with Crippen LogP contribution in [-0.4, -0.2) is 5.75 Å². The van der Waals surface area contributed by atoms with Crippen molar-refractivity contribution in [2.24, 2.45) is 0 Å². The second-order valence-corrected chi connectivity index (χ2v) is 4.30. The van der Waals surface area contributed by atoms with Crippen LogP contribution in [0.1, 0.15) is 18.9 Å². The maximum atomic E-state index is 12.6. The van der Waals surface area contributed by atoms with Crippen molar-refractivity contribution in [2.45, 2.75) is 19.1 Å². The number of hydrogen-bond acceptors (Lipinski definition) is 1. The second kappa shape index (κ2) is 5.51. The van der Waals surface area contributed by atoms with E-state index in [-0.39, 0.29) is 5.82 Å². The molecule has 0 amide bonds. The Hall–Kier alpha value is -0.210. The van der Waals surface area contributed by atoms with Crippen molar-refractivity contribution >= 4 is 23.4 Å². The van der Waals surface area contributed by atoms with Gasteiger partial charge in [0, 0.05) is 10.8 Å². The molecular formula is C10H12ClFS. The Morgan fingerprint density at radius 2 is 2.23 bits per heavy atom. The van der Waals surface area contributed by atoms with Gasteiger partial charge in [-0.1, -0.05) is 24.6 Å². The summed E-state index contributed by atoms with van der Waals surface area (Å²) in [5.41, 5.74) is 1.02. The molecule has 0 spiro atoms. The van der Waals surface area contributed by atoms with E-state index < -0.39 is 0 Å². The molecule has 0 aliphatic heterocycles. The molecule has 72 valence electrons. The van der Waals surface area contributed by atoms with E-state index in [9.17, 15) is 4.39 Å². The predicted octanol–water partition coefficient (Wildman–Crippen LogP) is 4.12. The van der Waals surface area contributed by atoms with E-state index in [1.54, 1.807) is 6.07 Å². The minimum Gasteiger partial charge on any atom is -0.207 e. The van der Waals surface area contributed by atoms with Crippen molar-refractivity contribution in [3.63, 3.8) is 0 Å². The number of halogens is 2. The molecule has 0 bridgehead atoms. The largest absolute Gasteiger partial charge is 0.207 e. The Kier molecular flexibility index (Phi) is 4.60. The highest BCUT2D eigenvalue weighted by Crippen LogP contribution is 2.22. The van der Waals surface area contributed by atoms with E-state index in [0.29, 0.717) is 5.02 Å². The minimum atomic E-state index is -0.269. The van der Waals surface area contributed by atoms with E-state index in [1.165, 1.54) is 12.1 Å². The van der Waals surface area contributed by atoms with Crippen molar-refractivity contribution < 1.29 is 4.39 Å². The van der Waals surface area contributed by atoms with Gasteiger partial charge in [-0.2, -0.15) is 11.8 Å². The highest BCUT2D eigenvalue weighted by atomic mass is 35.5. The smallest absolute Gasteiger partial charge is 0.124 e. The Labute approximate surface area is 87.5 Å². The zero-order chi connectivity index (χ0) is 9.68. The normalized spacial score (nSPS) is 10.4. The summed E-state index contributed by atoms with van der Waals surface area (Å²) in [6.45, 7) is 2.14. The van der Waals surface area contributed by atoms with Gasteiger partial charge in [0.2, 0.25) is 0 Å². The van der Waals surface area contributed by atoms with Gasteiger partial charge in [-0.15, -0.1) is 0 Å². The van der Waals surface area contributed by atoms with Gasteiger partial charge in [-0.05, 0) is 29.9 Å². The van der Waals surface area contributed by atoms with Crippen LogP contribution in [0.2, 0.25) is 5.02 Å². The molecule has 0 saturated carbocycles. The van der Waals surface area contributed by atoms with Crippen molar-refractivity contribution in [1.82, 2.24) is 0 Å². The fourth-order valence-electron chi connectivity index (χ4n) is 0.965. The van der Waals surface area contributed by atoms with E-state index in [4.69, 9.17) is 11.6 Å². The van der Waals surface area contributed by atoms with E-state index in [0.717, 1.165) is 23.5 Å². The fourth-order valence-corrected chi connectivity index (χ4v) is 2.18.